The van der Waals surface area contributed by atoms with Gasteiger partial charge in [0.1, 0.15) is 6.35 Å². The van der Waals surface area contributed by atoms with E-state index < -0.39 is 38.6 Å². The molecule has 0 bridgehead atoms. The van der Waals surface area contributed by atoms with Crippen LogP contribution in [0.1, 0.15) is 19.4 Å². The molecule has 13 nitrogen and oxygen atoms in total. The minimum Gasteiger partial charge on any atom is -0.432 e. The van der Waals surface area contributed by atoms with Crippen LogP contribution in [0.15, 0.2) is 35.4 Å². The summed E-state index contributed by atoms with van der Waals surface area (Å²) in [5.41, 5.74) is 6.19. The lowest BCUT2D eigenvalue weighted by Gasteiger charge is -2.19. The Hall–Kier alpha value is -2.96. The normalized spacial score (nSPS) is 13.1. The Labute approximate surface area is 205 Å². The highest BCUT2D eigenvalue weighted by Crippen LogP contribution is 2.49. The van der Waals surface area contributed by atoms with Crippen molar-refractivity contribution in [2.45, 2.75) is 33.1 Å². The number of nitrogen functional groups attached to an aromatic ring is 1. The standard InChI is InChI=1S/C20H25ClN5O8P/c1-13(2)34-20(28)31-11-33-35(29,32-9-14-4-3-5-15(21)8-14)12-30-7-6-26-10-23-16-17(26)24-19(22)25-18(16)27/h3-5,8,10,13H,6-7,9,11-12H2,1-2H3,(H3,22,24,25,27). The van der Waals surface area contributed by atoms with Crippen LogP contribution in [0.4, 0.5) is 10.7 Å². The van der Waals surface area contributed by atoms with E-state index in [0.717, 1.165) is 0 Å². The molecule has 0 aliphatic heterocycles. The Morgan fingerprint density at radius 2 is 2.11 bits per heavy atom. The third kappa shape index (κ3) is 8.05. The number of nitrogens with one attached hydrogen (secondary N) is 1. The van der Waals surface area contributed by atoms with Gasteiger partial charge in [-0.15, -0.1) is 0 Å². The summed E-state index contributed by atoms with van der Waals surface area (Å²) in [7, 11) is -3.87. The molecule has 0 radical (unpaired) electrons. The van der Waals surface area contributed by atoms with Crippen LogP contribution >= 0.6 is 19.2 Å². The molecule has 0 spiro atoms. The zero-order valence-electron chi connectivity index (χ0n) is 19.0. The SMILES string of the molecule is CC(C)OC(=O)OCOP(=O)(COCCn1cnc2c(=O)[nH]c(N)nc21)OCc1cccc(Cl)c1. The highest BCUT2D eigenvalue weighted by atomic mass is 35.5. The number of nitrogens with zero attached hydrogens (tertiary/aromatic N) is 3. The van der Waals surface area contributed by atoms with Crippen LogP contribution in [0.2, 0.25) is 5.02 Å². The molecule has 1 aromatic carbocycles. The van der Waals surface area contributed by atoms with Crippen molar-refractivity contribution in [3.8, 4) is 0 Å². The largest absolute Gasteiger partial charge is 0.510 e. The minimum atomic E-state index is -3.87. The van der Waals surface area contributed by atoms with Crippen molar-refractivity contribution in [2.75, 3.05) is 25.5 Å². The number of aromatic amines is 1. The third-order valence-electron chi connectivity index (χ3n) is 4.29. The molecule has 1 unspecified atom stereocenters. The Bertz CT molecular complexity index is 1260. The fourth-order valence-electron chi connectivity index (χ4n) is 2.77. The summed E-state index contributed by atoms with van der Waals surface area (Å²) in [5, 5.41) is 0.485. The molecular weight excluding hydrogens is 505 g/mol. The van der Waals surface area contributed by atoms with E-state index in [2.05, 4.69) is 15.0 Å². The second-order valence-electron chi connectivity index (χ2n) is 7.42. The molecule has 0 saturated carbocycles. The van der Waals surface area contributed by atoms with E-state index >= 15 is 0 Å². The van der Waals surface area contributed by atoms with Crippen LogP contribution < -0.4 is 11.3 Å². The van der Waals surface area contributed by atoms with Crippen LogP contribution in [0.3, 0.4) is 0 Å². The van der Waals surface area contributed by atoms with E-state index in [9.17, 15) is 14.2 Å². The molecule has 3 N–H and O–H groups in total. The first-order valence-electron chi connectivity index (χ1n) is 10.4. The first-order chi connectivity index (χ1) is 16.6. The summed E-state index contributed by atoms with van der Waals surface area (Å²) >= 11 is 5.97. The van der Waals surface area contributed by atoms with E-state index in [1.54, 1.807) is 42.7 Å². The maximum atomic E-state index is 13.2. The number of fused-ring (bicyclic) bond motifs is 1. The quantitative estimate of drug-likeness (QED) is 0.153. The minimum absolute atomic E-state index is 0.0456. The summed E-state index contributed by atoms with van der Waals surface area (Å²) in [4.78, 5) is 33.9. The number of halogens is 1. The predicted octanol–water partition coefficient (Wildman–Crippen LogP) is 3.27. The van der Waals surface area contributed by atoms with Crippen molar-refractivity contribution in [2.24, 2.45) is 0 Å². The summed E-state index contributed by atoms with van der Waals surface area (Å²) in [5.74, 6) is -0.0477. The molecule has 3 aromatic rings. The van der Waals surface area contributed by atoms with Gasteiger partial charge in [-0.25, -0.2) is 9.78 Å². The lowest BCUT2D eigenvalue weighted by Crippen LogP contribution is -2.16. The van der Waals surface area contributed by atoms with E-state index in [4.69, 9.17) is 40.6 Å². The van der Waals surface area contributed by atoms with Gasteiger partial charge in [-0.1, -0.05) is 23.7 Å². The van der Waals surface area contributed by atoms with Crippen molar-refractivity contribution in [1.29, 1.82) is 0 Å². The van der Waals surface area contributed by atoms with Gasteiger partial charge in [-0.05, 0) is 31.5 Å². The first-order valence-corrected chi connectivity index (χ1v) is 12.5. The number of H-pyrrole nitrogens is 1. The monoisotopic (exact) mass is 529 g/mol. The number of carbonyl (C=O) groups excluding carboxylic acids is 1. The van der Waals surface area contributed by atoms with Crippen LogP contribution in [-0.2, 0) is 41.0 Å². The van der Waals surface area contributed by atoms with E-state index in [0.29, 0.717) is 10.6 Å². The highest BCUT2D eigenvalue weighted by molar-refractivity contribution is 7.53. The van der Waals surface area contributed by atoms with Gasteiger partial charge in [0.15, 0.2) is 11.2 Å². The molecule has 2 aromatic heterocycles. The summed E-state index contributed by atoms with van der Waals surface area (Å²) in [6, 6.07) is 6.79. The molecule has 3 rings (SSSR count). The number of nitrogens with two attached hydrogens (primary N) is 1. The number of ether oxygens (including phenoxy) is 3. The Kier molecular flexibility index (Phi) is 9.24. The number of hydrogen-bond acceptors (Lipinski definition) is 11. The molecule has 190 valence electrons. The van der Waals surface area contributed by atoms with Gasteiger partial charge in [0.05, 0.1) is 25.6 Å². The maximum Gasteiger partial charge on any atom is 0.510 e. The number of imidazole rings is 1. The van der Waals surface area contributed by atoms with Gasteiger partial charge >= 0.3 is 13.8 Å². The second-order valence-corrected chi connectivity index (χ2v) is 9.85. The van der Waals surface area contributed by atoms with Crippen LogP contribution in [0.25, 0.3) is 11.2 Å². The Morgan fingerprint density at radius 3 is 2.86 bits per heavy atom. The first kappa shape index (κ1) is 26.6. The number of aromatic nitrogens is 4. The molecule has 15 heteroatoms. The average Bonchev–Trinajstić information content (AvgIpc) is 3.18. The lowest BCUT2D eigenvalue weighted by atomic mass is 10.2. The van der Waals surface area contributed by atoms with Crippen molar-refractivity contribution in [3.05, 3.63) is 51.5 Å². The van der Waals surface area contributed by atoms with E-state index in [1.165, 1.54) is 6.33 Å². The van der Waals surface area contributed by atoms with Crippen molar-refractivity contribution < 1.29 is 32.6 Å². The van der Waals surface area contributed by atoms with E-state index in [1.807, 2.05) is 0 Å². The number of carbonyl (C=O) groups is 1. The van der Waals surface area contributed by atoms with Gasteiger partial charge in [0, 0.05) is 11.6 Å². The lowest BCUT2D eigenvalue weighted by molar-refractivity contribution is -0.0164. The van der Waals surface area contributed by atoms with E-state index in [-0.39, 0.29) is 36.9 Å². The zero-order chi connectivity index (χ0) is 25.4. The summed E-state index contributed by atoms with van der Waals surface area (Å²) < 4.78 is 40.6. The summed E-state index contributed by atoms with van der Waals surface area (Å²) in [6.45, 7) is 2.81. The van der Waals surface area contributed by atoms with Crippen LogP contribution in [-0.4, -0.2) is 51.5 Å². The predicted molar refractivity (Wildman–Crippen MR) is 126 cm³/mol. The third-order valence-corrected chi connectivity index (χ3v) is 6.05. The number of anilines is 1. The fraction of sp³-hybridized carbons (Fsp3) is 0.400. The molecular formula is C20H25ClN5O8P. The van der Waals surface area contributed by atoms with Crippen molar-refractivity contribution >= 4 is 42.5 Å². The second kappa shape index (κ2) is 12.1. The molecule has 0 fully saturated rings. The molecule has 35 heavy (non-hydrogen) atoms. The topological polar surface area (TPSA) is 170 Å². The van der Waals surface area contributed by atoms with Crippen LogP contribution in [0.5, 0.6) is 0 Å². The number of rotatable bonds is 12. The van der Waals surface area contributed by atoms with Gasteiger partial charge in [0.2, 0.25) is 12.7 Å². The van der Waals surface area contributed by atoms with Crippen LogP contribution in [0, 0.1) is 0 Å². The number of benzene rings is 1. The molecule has 0 amide bonds. The molecule has 0 aliphatic carbocycles. The number of hydrogen-bond donors (Lipinski definition) is 2. The van der Waals surface area contributed by atoms with Gasteiger partial charge < -0.3 is 29.0 Å². The molecule has 0 saturated heterocycles. The molecule has 2 heterocycles. The zero-order valence-corrected chi connectivity index (χ0v) is 20.7. The highest BCUT2D eigenvalue weighted by Gasteiger charge is 2.27. The molecule has 0 aliphatic rings. The fourth-order valence-corrected chi connectivity index (χ4v) is 4.11. The maximum absolute atomic E-state index is 13.2. The van der Waals surface area contributed by atoms with Gasteiger partial charge in [0.25, 0.3) is 5.56 Å². The van der Waals surface area contributed by atoms with Crippen molar-refractivity contribution in [3.63, 3.8) is 0 Å². The molecule has 1 atom stereocenters. The van der Waals surface area contributed by atoms with Gasteiger partial charge in [-0.2, -0.15) is 4.98 Å². The Morgan fingerprint density at radius 1 is 1.31 bits per heavy atom. The van der Waals surface area contributed by atoms with Crippen molar-refractivity contribution in [1.82, 2.24) is 19.5 Å². The summed E-state index contributed by atoms with van der Waals surface area (Å²) in [6.07, 6.45) is -0.401. The van der Waals surface area contributed by atoms with Gasteiger partial charge in [-0.3, -0.25) is 18.9 Å². The average molecular weight is 530 g/mol. The smallest absolute Gasteiger partial charge is 0.432 e. The Balaban J connectivity index is 1.59.